The number of rotatable bonds is 8. The summed E-state index contributed by atoms with van der Waals surface area (Å²) >= 11 is 6.48. The average molecular weight is 518 g/mol. The van der Waals surface area contributed by atoms with Crippen molar-refractivity contribution in [1.29, 1.82) is 0 Å². The zero-order valence-corrected chi connectivity index (χ0v) is 19.6. The lowest BCUT2D eigenvalue weighted by molar-refractivity contribution is 0.0948. The lowest BCUT2D eigenvalue weighted by atomic mass is 10.1. The summed E-state index contributed by atoms with van der Waals surface area (Å²) in [6.45, 7) is 0.139. The van der Waals surface area contributed by atoms with Gasteiger partial charge in [-0.15, -0.1) is 10.2 Å². The Morgan fingerprint density at radius 2 is 1.74 bits per heavy atom. The van der Waals surface area contributed by atoms with E-state index in [-0.39, 0.29) is 27.3 Å². The Balaban J connectivity index is 1.46. The maximum atomic E-state index is 12.9. The van der Waals surface area contributed by atoms with E-state index in [4.69, 9.17) is 16.0 Å². The topological polar surface area (TPSA) is 143 Å². The number of nitrogens with one attached hydrogen (secondary N) is 3. The number of amides is 2. The van der Waals surface area contributed by atoms with Crippen LogP contribution in [-0.2, 0) is 16.6 Å². The summed E-state index contributed by atoms with van der Waals surface area (Å²) in [4.78, 5) is 24.9. The number of aromatic nitrogens is 2. The van der Waals surface area contributed by atoms with Crippen LogP contribution in [0.3, 0.4) is 0 Å². The van der Waals surface area contributed by atoms with Crippen LogP contribution in [0.15, 0.2) is 75.7 Å². The molecule has 13 heteroatoms. The second kappa shape index (κ2) is 10.0. The molecule has 2 amide bonds. The third kappa shape index (κ3) is 5.60. The number of sulfonamides is 1. The van der Waals surface area contributed by atoms with Crippen molar-refractivity contribution in [3.8, 4) is 0 Å². The number of carbonyl (C=O) groups excluding carboxylic acids is 2. The third-order valence-corrected chi connectivity index (χ3v) is 7.21. The Bertz CT molecular complexity index is 1420. The maximum absolute atomic E-state index is 12.9. The van der Waals surface area contributed by atoms with Crippen molar-refractivity contribution >= 4 is 55.6 Å². The van der Waals surface area contributed by atoms with Crippen LogP contribution >= 0.6 is 22.9 Å². The number of benzene rings is 2. The largest absolute Gasteiger partial charge is 0.467 e. The molecule has 0 aliphatic heterocycles. The summed E-state index contributed by atoms with van der Waals surface area (Å²) in [5.41, 5.74) is 0.483. The molecule has 0 spiro atoms. The predicted octanol–water partition coefficient (Wildman–Crippen LogP) is 3.77. The van der Waals surface area contributed by atoms with Gasteiger partial charge in [-0.2, -0.15) is 8.42 Å². The van der Waals surface area contributed by atoms with Gasteiger partial charge in [0.15, 0.2) is 0 Å². The lowest BCUT2D eigenvalue weighted by Gasteiger charge is -2.11. The zero-order chi connectivity index (χ0) is 24.1. The maximum Gasteiger partial charge on any atom is 0.291 e. The highest BCUT2D eigenvalue weighted by atomic mass is 35.5. The smallest absolute Gasteiger partial charge is 0.291 e. The van der Waals surface area contributed by atoms with Crippen molar-refractivity contribution in [2.24, 2.45) is 0 Å². The molecule has 0 bridgehead atoms. The quantitative estimate of drug-likeness (QED) is 0.302. The number of para-hydroxylation sites is 1. The molecule has 174 valence electrons. The van der Waals surface area contributed by atoms with Crippen LogP contribution < -0.4 is 15.4 Å². The molecule has 0 fully saturated rings. The van der Waals surface area contributed by atoms with Crippen molar-refractivity contribution in [3.63, 3.8) is 0 Å². The highest BCUT2D eigenvalue weighted by Gasteiger charge is 2.23. The fraction of sp³-hybridized carbons (Fsp3) is 0.0476. The summed E-state index contributed by atoms with van der Waals surface area (Å²) in [6, 6.07) is 15.7. The van der Waals surface area contributed by atoms with Crippen molar-refractivity contribution in [3.05, 3.63) is 88.8 Å². The van der Waals surface area contributed by atoms with Gasteiger partial charge in [0.25, 0.3) is 26.2 Å². The van der Waals surface area contributed by atoms with Crippen LogP contribution in [0, 0.1) is 0 Å². The van der Waals surface area contributed by atoms with E-state index in [1.165, 1.54) is 30.5 Å². The lowest BCUT2D eigenvalue weighted by Crippen LogP contribution is -2.24. The van der Waals surface area contributed by atoms with Crippen LogP contribution in [-0.4, -0.2) is 30.4 Å². The summed E-state index contributed by atoms with van der Waals surface area (Å²) in [7, 11) is -4.19. The molecule has 0 atom stereocenters. The molecule has 0 aliphatic rings. The van der Waals surface area contributed by atoms with Gasteiger partial charge < -0.3 is 9.73 Å². The second-order valence-electron chi connectivity index (χ2n) is 6.75. The van der Waals surface area contributed by atoms with E-state index in [1.807, 2.05) is 0 Å². The van der Waals surface area contributed by atoms with Gasteiger partial charge in [-0.25, -0.2) is 0 Å². The van der Waals surface area contributed by atoms with Gasteiger partial charge in [-0.05, 0) is 48.5 Å². The van der Waals surface area contributed by atoms with Crippen LogP contribution in [0.4, 0.5) is 10.8 Å². The fourth-order valence-electron chi connectivity index (χ4n) is 2.77. The molecule has 0 radical (unpaired) electrons. The molecule has 4 aromatic rings. The molecule has 0 saturated carbocycles. The first-order valence-corrected chi connectivity index (χ1v) is 12.3. The molecule has 4 rings (SSSR count). The normalized spacial score (nSPS) is 11.1. The van der Waals surface area contributed by atoms with E-state index >= 15 is 0 Å². The molecule has 0 saturated heterocycles. The van der Waals surface area contributed by atoms with Crippen LogP contribution in [0.5, 0.6) is 0 Å². The molecular weight excluding hydrogens is 502 g/mol. The van der Waals surface area contributed by atoms with Crippen molar-refractivity contribution in [2.75, 3.05) is 10.0 Å². The Labute approximate surface area is 203 Å². The predicted molar refractivity (Wildman–Crippen MR) is 126 cm³/mol. The number of hydrogen-bond donors (Lipinski definition) is 3. The first-order chi connectivity index (χ1) is 16.3. The van der Waals surface area contributed by atoms with Crippen LogP contribution in [0.2, 0.25) is 5.02 Å². The van der Waals surface area contributed by atoms with Crippen molar-refractivity contribution in [1.82, 2.24) is 15.5 Å². The first-order valence-electron chi connectivity index (χ1n) is 9.65. The van der Waals surface area contributed by atoms with Crippen LogP contribution in [0.25, 0.3) is 0 Å². The van der Waals surface area contributed by atoms with Crippen molar-refractivity contribution < 1.29 is 22.4 Å². The minimum atomic E-state index is -4.19. The molecule has 2 aromatic carbocycles. The number of furan rings is 1. The number of halogens is 1. The van der Waals surface area contributed by atoms with E-state index in [9.17, 15) is 18.0 Å². The molecule has 0 unspecified atom stereocenters. The van der Waals surface area contributed by atoms with Gasteiger partial charge in [0, 0.05) is 10.6 Å². The van der Waals surface area contributed by atoms with Crippen molar-refractivity contribution in [2.45, 2.75) is 10.9 Å². The van der Waals surface area contributed by atoms with E-state index < -0.39 is 21.8 Å². The summed E-state index contributed by atoms with van der Waals surface area (Å²) < 4.78 is 32.8. The SMILES string of the molecule is O=C(Nc1nnc(S(=O)(=O)Nc2ccccc2C(=O)NCc2ccco2)s1)c1ccc(Cl)cc1. The zero-order valence-electron chi connectivity index (χ0n) is 17.2. The molecule has 2 heterocycles. The average Bonchev–Trinajstić information content (AvgIpc) is 3.51. The highest BCUT2D eigenvalue weighted by molar-refractivity contribution is 7.94. The molecule has 3 N–H and O–H groups in total. The summed E-state index contributed by atoms with van der Waals surface area (Å²) in [5, 5.41) is 13.0. The first kappa shape index (κ1) is 23.4. The van der Waals surface area contributed by atoms with Gasteiger partial charge in [-0.1, -0.05) is 35.1 Å². The van der Waals surface area contributed by atoms with E-state index in [1.54, 1.807) is 36.4 Å². The van der Waals surface area contributed by atoms with Gasteiger partial charge in [0.1, 0.15) is 5.76 Å². The van der Waals surface area contributed by atoms with Gasteiger partial charge in [-0.3, -0.25) is 19.6 Å². The monoisotopic (exact) mass is 517 g/mol. The minimum Gasteiger partial charge on any atom is -0.467 e. The third-order valence-electron chi connectivity index (χ3n) is 4.38. The molecule has 0 aliphatic carbocycles. The van der Waals surface area contributed by atoms with E-state index in [2.05, 4.69) is 25.6 Å². The summed E-state index contributed by atoms with van der Waals surface area (Å²) in [6.07, 6.45) is 1.48. The van der Waals surface area contributed by atoms with Gasteiger partial charge in [0.2, 0.25) is 5.13 Å². The standard InChI is InChI=1S/C21H16ClN5O5S2/c22-14-9-7-13(8-10-14)18(28)24-20-25-26-21(33-20)34(30,31)27-17-6-2-1-5-16(17)19(29)23-12-15-4-3-11-32-15/h1-11,27H,12H2,(H,23,29)(H,24,25,28). The number of hydrogen-bond acceptors (Lipinski definition) is 8. The molecule has 2 aromatic heterocycles. The Morgan fingerprint density at radius 3 is 2.47 bits per heavy atom. The Kier molecular flexibility index (Phi) is 6.91. The molecular formula is C21H16ClN5O5S2. The van der Waals surface area contributed by atoms with E-state index in [0.29, 0.717) is 27.7 Å². The van der Waals surface area contributed by atoms with Crippen LogP contribution in [0.1, 0.15) is 26.5 Å². The highest BCUT2D eigenvalue weighted by Crippen LogP contribution is 2.25. The summed E-state index contributed by atoms with van der Waals surface area (Å²) in [5.74, 6) is -0.445. The number of anilines is 2. The van der Waals surface area contributed by atoms with Gasteiger partial charge >= 0.3 is 0 Å². The molecule has 10 nitrogen and oxygen atoms in total. The molecule has 34 heavy (non-hydrogen) atoms. The van der Waals surface area contributed by atoms with E-state index in [0.717, 1.165) is 0 Å². The Hall–Kier alpha value is -3.74. The number of nitrogens with zero attached hydrogens (tertiary/aromatic N) is 2. The second-order valence-corrected chi connectivity index (χ2v) is 10.0. The Morgan fingerprint density at radius 1 is 0.971 bits per heavy atom. The fourth-order valence-corrected chi connectivity index (χ4v) is 4.88. The minimum absolute atomic E-state index is 0.00944. The van der Waals surface area contributed by atoms with Gasteiger partial charge in [0.05, 0.1) is 24.1 Å². The number of carbonyl (C=O) groups is 2.